The summed E-state index contributed by atoms with van der Waals surface area (Å²) in [6, 6.07) is 10.5. The first-order chi connectivity index (χ1) is 16.3. The number of piperidine rings is 1. The van der Waals surface area contributed by atoms with Gasteiger partial charge in [0.25, 0.3) is 0 Å². The van der Waals surface area contributed by atoms with Crippen molar-refractivity contribution in [3.8, 4) is 0 Å². The van der Waals surface area contributed by atoms with Crippen molar-refractivity contribution in [2.45, 2.75) is 43.6 Å². The molecule has 0 atom stereocenters. The Labute approximate surface area is 196 Å². The summed E-state index contributed by atoms with van der Waals surface area (Å²) in [5.74, 6) is -1.71. The van der Waals surface area contributed by atoms with Crippen LogP contribution in [0.5, 0.6) is 0 Å². The van der Waals surface area contributed by atoms with Gasteiger partial charge in [-0.1, -0.05) is 12.1 Å². The summed E-state index contributed by atoms with van der Waals surface area (Å²) in [5, 5.41) is 0.763. The van der Waals surface area contributed by atoms with E-state index in [0.29, 0.717) is 11.1 Å². The number of ether oxygens (including phenoxy) is 1. The van der Waals surface area contributed by atoms with Crippen LogP contribution in [0.4, 0.5) is 4.39 Å². The molecule has 0 amide bonds. The monoisotopic (exact) mass is 485 g/mol. The molecule has 3 aromatic rings. The number of rotatable bonds is 5. The van der Waals surface area contributed by atoms with Crippen LogP contribution in [0.25, 0.3) is 11.0 Å². The SMILES string of the molecule is O=C(OCc1cc(=O)oc2cc3c(cc12)CCC3)C1CCN(S(=O)(=O)c2ccccc2F)CC1. The average molecular weight is 486 g/mol. The van der Waals surface area contributed by atoms with Crippen molar-refractivity contribution in [1.82, 2.24) is 4.31 Å². The summed E-state index contributed by atoms with van der Waals surface area (Å²) in [7, 11) is -3.97. The van der Waals surface area contributed by atoms with Crippen molar-refractivity contribution >= 4 is 27.0 Å². The standard InChI is InChI=1S/C25H24FNO6S/c26-21-6-1-2-7-23(21)34(30,31)27-10-8-16(9-11-27)25(29)32-15-19-14-24(28)33-22-13-18-5-3-4-17(18)12-20(19)22/h1-2,6-7,12-14,16H,3-5,8-11,15H2. The van der Waals surface area contributed by atoms with Gasteiger partial charge in [0, 0.05) is 30.1 Å². The summed E-state index contributed by atoms with van der Waals surface area (Å²) in [6.07, 6.45) is 3.54. The fourth-order valence-electron chi connectivity index (χ4n) is 4.81. The number of aryl methyl sites for hydroxylation is 2. The van der Waals surface area contributed by atoms with Crippen molar-refractivity contribution in [2.24, 2.45) is 5.92 Å². The molecule has 0 saturated carbocycles. The third kappa shape index (κ3) is 4.25. The van der Waals surface area contributed by atoms with Crippen molar-refractivity contribution < 1.29 is 26.8 Å². The van der Waals surface area contributed by atoms with Gasteiger partial charge >= 0.3 is 11.6 Å². The van der Waals surface area contributed by atoms with E-state index in [0.717, 1.165) is 30.7 Å². The van der Waals surface area contributed by atoms with Crippen LogP contribution < -0.4 is 5.63 Å². The van der Waals surface area contributed by atoms with Gasteiger partial charge in [-0.25, -0.2) is 17.6 Å². The molecule has 7 nitrogen and oxygen atoms in total. The van der Waals surface area contributed by atoms with Crippen LogP contribution >= 0.6 is 0 Å². The maximum atomic E-state index is 14.0. The number of halogens is 1. The van der Waals surface area contributed by atoms with Crippen LogP contribution in [0.2, 0.25) is 0 Å². The number of esters is 1. The fraction of sp³-hybridized carbons (Fsp3) is 0.360. The van der Waals surface area contributed by atoms with E-state index in [9.17, 15) is 22.4 Å². The van der Waals surface area contributed by atoms with Gasteiger partial charge in [-0.15, -0.1) is 0 Å². The molecule has 1 fully saturated rings. The van der Waals surface area contributed by atoms with E-state index in [2.05, 4.69) is 0 Å². The number of carbonyl (C=O) groups excluding carboxylic acids is 1. The van der Waals surface area contributed by atoms with Crippen LogP contribution in [-0.4, -0.2) is 31.8 Å². The van der Waals surface area contributed by atoms with E-state index in [1.807, 2.05) is 12.1 Å². The minimum absolute atomic E-state index is 0.0620. The number of carbonyl (C=O) groups is 1. The van der Waals surface area contributed by atoms with Crippen LogP contribution in [0, 0.1) is 11.7 Å². The van der Waals surface area contributed by atoms with E-state index in [1.165, 1.54) is 39.7 Å². The minimum atomic E-state index is -3.97. The number of nitrogens with zero attached hydrogens (tertiary/aromatic N) is 1. The second-order valence-electron chi connectivity index (χ2n) is 8.78. The highest BCUT2D eigenvalue weighted by molar-refractivity contribution is 7.89. The molecule has 9 heteroatoms. The van der Waals surface area contributed by atoms with Gasteiger partial charge in [0.1, 0.15) is 22.9 Å². The highest BCUT2D eigenvalue weighted by atomic mass is 32.2. The topological polar surface area (TPSA) is 93.9 Å². The molecule has 5 rings (SSSR count). The zero-order chi connectivity index (χ0) is 23.9. The zero-order valence-corrected chi connectivity index (χ0v) is 19.3. The van der Waals surface area contributed by atoms with Crippen molar-refractivity contribution in [1.29, 1.82) is 0 Å². The summed E-state index contributed by atoms with van der Waals surface area (Å²) in [4.78, 5) is 24.4. The Morgan fingerprint density at radius 1 is 1.09 bits per heavy atom. The molecule has 1 aliphatic heterocycles. The molecule has 0 radical (unpaired) electrons. The normalized spacial score (nSPS) is 17.1. The molecule has 0 spiro atoms. The molecule has 1 aliphatic carbocycles. The van der Waals surface area contributed by atoms with Gasteiger partial charge in [0.15, 0.2) is 0 Å². The van der Waals surface area contributed by atoms with Gasteiger partial charge in [-0.2, -0.15) is 4.31 Å². The number of hydrogen-bond donors (Lipinski definition) is 0. The first kappa shape index (κ1) is 22.7. The van der Waals surface area contributed by atoms with Crippen LogP contribution in [0.1, 0.15) is 36.0 Å². The lowest BCUT2D eigenvalue weighted by Gasteiger charge is -2.30. The van der Waals surface area contributed by atoms with Crippen LogP contribution in [0.3, 0.4) is 0 Å². The summed E-state index contributed by atoms with van der Waals surface area (Å²) >= 11 is 0. The lowest BCUT2D eigenvalue weighted by atomic mass is 9.98. The van der Waals surface area contributed by atoms with Crippen LogP contribution in [-0.2, 0) is 39.0 Å². The Morgan fingerprint density at radius 3 is 2.53 bits per heavy atom. The van der Waals surface area contributed by atoms with Gasteiger partial charge in [-0.3, -0.25) is 4.79 Å². The maximum absolute atomic E-state index is 14.0. The molecule has 2 aliphatic rings. The largest absolute Gasteiger partial charge is 0.461 e. The number of sulfonamides is 1. The summed E-state index contributed by atoms with van der Waals surface area (Å²) in [5.41, 5.74) is 2.99. The van der Waals surface area contributed by atoms with Crippen LogP contribution in [0.15, 0.2) is 56.6 Å². The van der Waals surface area contributed by atoms with Gasteiger partial charge in [0.2, 0.25) is 10.0 Å². The lowest BCUT2D eigenvalue weighted by molar-refractivity contribution is -0.151. The highest BCUT2D eigenvalue weighted by Crippen LogP contribution is 2.30. The molecule has 34 heavy (non-hydrogen) atoms. The molecule has 0 unspecified atom stereocenters. The predicted octanol–water partition coefficient (Wildman–Crippen LogP) is 3.56. The Balaban J connectivity index is 1.25. The second-order valence-corrected chi connectivity index (χ2v) is 10.7. The number of fused-ring (bicyclic) bond motifs is 2. The van der Waals surface area contributed by atoms with E-state index >= 15 is 0 Å². The Kier molecular flexibility index (Phi) is 5.99. The number of benzene rings is 2. The quantitative estimate of drug-likeness (QED) is 0.405. The van der Waals surface area contributed by atoms with Gasteiger partial charge in [-0.05, 0) is 67.5 Å². The Morgan fingerprint density at radius 2 is 1.79 bits per heavy atom. The third-order valence-corrected chi connectivity index (χ3v) is 8.59. The molecule has 2 heterocycles. The molecule has 0 bridgehead atoms. The van der Waals surface area contributed by atoms with E-state index in [1.54, 1.807) is 0 Å². The molecular weight excluding hydrogens is 461 g/mol. The molecule has 0 N–H and O–H groups in total. The summed E-state index contributed by atoms with van der Waals surface area (Å²) in [6.45, 7) is 0.133. The van der Waals surface area contributed by atoms with E-state index < -0.39 is 33.4 Å². The Bertz CT molecular complexity index is 1420. The first-order valence-electron chi connectivity index (χ1n) is 11.3. The van der Waals surface area contributed by atoms with E-state index in [-0.39, 0.29) is 37.4 Å². The third-order valence-electron chi connectivity index (χ3n) is 6.65. The smallest absolute Gasteiger partial charge is 0.336 e. The van der Waals surface area contributed by atoms with Crippen molar-refractivity contribution in [2.75, 3.05) is 13.1 Å². The maximum Gasteiger partial charge on any atom is 0.336 e. The van der Waals surface area contributed by atoms with Gasteiger partial charge < -0.3 is 9.15 Å². The molecule has 1 aromatic heterocycles. The number of hydrogen-bond acceptors (Lipinski definition) is 6. The van der Waals surface area contributed by atoms with Gasteiger partial charge in [0.05, 0.1) is 5.92 Å². The zero-order valence-electron chi connectivity index (χ0n) is 18.5. The molecule has 2 aromatic carbocycles. The Hall–Kier alpha value is -3.04. The average Bonchev–Trinajstić information content (AvgIpc) is 3.28. The lowest BCUT2D eigenvalue weighted by Crippen LogP contribution is -2.40. The second kappa shape index (κ2) is 8.96. The molecular formula is C25H24FNO6S. The highest BCUT2D eigenvalue weighted by Gasteiger charge is 2.34. The van der Waals surface area contributed by atoms with E-state index in [4.69, 9.17) is 9.15 Å². The van der Waals surface area contributed by atoms with Crippen molar-refractivity contribution in [3.05, 3.63) is 75.4 Å². The van der Waals surface area contributed by atoms with Crippen molar-refractivity contribution in [3.63, 3.8) is 0 Å². The minimum Gasteiger partial charge on any atom is -0.461 e. The first-order valence-corrected chi connectivity index (χ1v) is 12.8. The fourth-order valence-corrected chi connectivity index (χ4v) is 6.34. The summed E-state index contributed by atoms with van der Waals surface area (Å²) < 4.78 is 51.6. The molecule has 1 saturated heterocycles. The predicted molar refractivity (Wildman–Crippen MR) is 122 cm³/mol. The molecule has 178 valence electrons.